The molecule has 0 saturated carbocycles. The van der Waals surface area contributed by atoms with Crippen LogP contribution in [0.25, 0.3) is 11.4 Å². The summed E-state index contributed by atoms with van der Waals surface area (Å²) < 4.78 is 7.51. The summed E-state index contributed by atoms with van der Waals surface area (Å²) in [5, 5.41) is 9.49. The van der Waals surface area contributed by atoms with Crippen LogP contribution in [-0.2, 0) is 17.9 Å². The molecule has 0 radical (unpaired) electrons. The van der Waals surface area contributed by atoms with Crippen LogP contribution in [0.4, 0.5) is 0 Å². The van der Waals surface area contributed by atoms with Gasteiger partial charge in [0.25, 0.3) is 0 Å². The average Bonchev–Trinajstić information content (AvgIpc) is 3.18. The molecular weight excluding hydrogens is 408 g/mol. The Morgan fingerprint density at radius 1 is 1.06 bits per heavy atom. The molecule has 7 heteroatoms. The molecule has 31 heavy (non-hydrogen) atoms. The van der Waals surface area contributed by atoms with Crippen LogP contribution in [0.2, 0.25) is 0 Å². The molecule has 0 atom stereocenters. The van der Waals surface area contributed by atoms with Crippen molar-refractivity contribution in [3.63, 3.8) is 0 Å². The molecule has 0 aliphatic carbocycles. The van der Waals surface area contributed by atoms with Gasteiger partial charge in [0.15, 0.2) is 11.0 Å². The monoisotopic (exact) mass is 438 g/mol. The first-order valence-corrected chi connectivity index (χ1v) is 11.4. The lowest BCUT2D eigenvalue weighted by molar-refractivity contribution is -0.133. The van der Waals surface area contributed by atoms with Crippen molar-refractivity contribution in [2.24, 2.45) is 0 Å². The minimum Gasteiger partial charge on any atom is -0.496 e. The Bertz CT molecular complexity index is 1010. The fraction of sp³-hybridized carbons (Fsp3) is 0.375. The fourth-order valence-electron chi connectivity index (χ4n) is 3.38. The third-order valence-corrected chi connectivity index (χ3v) is 5.95. The summed E-state index contributed by atoms with van der Waals surface area (Å²) in [5.41, 5.74) is 1.72. The molecule has 0 fully saturated rings. The maximum atomic E-state index is 13.2. The van der Waals surface area contributed by atoms with Crippen LogP contribution in [0.15, 0.2) is 59.8 Å². The second kappa shape index (κ2) is 10.0. The zero-order valence-corrected chi connectivity index (χ0v) is 19.6. The lowest BCUT2D eigenvalue weighted by Crippen LogP contribution is -2.45. The summed E-state index contributed by atoms with van der Waals surface area (Å²) in [6.45, 7) is 9.51. The van der Waals surface area contributed by atoms with Crippen molar-refractivity contribution in [2.75, 3.05) is 12.9 Å². The van der Waals surface area contributed by atoms with E-state index < -0.39 is 0 Å². The Morgan fingerprint density at radius 2 is 1.74 bits per heavy atom. The summed E-state index contributed by atoms with van der Waals surface area (Å²) in [7, 11) is 1.65. The highest BCUT2D eigenvalue weighted by Gasteiger charge is 2.27. The topological polar surface area (TPSA) is 60.2 Å². The SMILES string of the molecule is CCn1c(SCC(=O)N(Cc2ccccc2)C(C)(C)C)nnc1-c1ccccc1OC. The van der Waals surface area contributed by atoms with Gasteiger partial charge in [-0.15, -0.1) is 10.2 Å². The average molecular weight is 439 g/mol. The standard InChI is InChI=1S/C24H30N4O2S/c1-6-27-22(19-14-10-11-15-20(19)30-5)25-26-23(27)31-17-21(29)28(24(2,3)4)16-18-12-8-7-9-13-18/h7-15H,6,16-17H2,1-5H3. The number of hydrogen-bond donors (Lipinski definition) is 0. The number of rotatable bonds is 8. The third kappa shape index (κ3) is 5.47. The molecule has 2 aromatic carbocycles. The Balaban J connectivity index is 1.78. The summed E-state index contributed by atoms with van der Waals surface area (Å²) in [5.74, 6) is 1.87. The first-order valence-electron chi connectivity index (χ1n) is 10.4. The number of carbonyl (C=O) groups excluding carboxylic acids is 1. The van der Waals surface area contributed by atoms with Crippen molar-refractivity contribution >= 4 is 17.7 Å². The molecule has 1 aromatic heterocycles. The Labute approximate surface area is 188 Å². The van der Waals surface area contributed by atoms with Crippen LogP contribution in [0.1, 0.15) is 33.3 Å². The zero-order chi connectivity index (χ0) is 22.4. The van der Waals surface area contributed by atoms with Crippen molar-refractivity contribution < 1.29 is 9.53 Å². The summed E-state index contributed by atoms with van der Waals surface area (Å²) in [4.78, 5) is 15.1. The predicted molar refractivity (Wildman–Crippen MR) is 125 cm³/mol. The lowest BCUT2D eigenvalue weighted by atomic mass is 10.0. The van der Waals surface area contributed by atoms with Gasteiger partial charge >= 0.3 is 0 Å². The molecule has 164 valence electrons. The predicted octanol–water partition coefficient (Wildman–Crippen LogP) is 4.89. The van der Waals surface area contributed by atoms with E-state index in [1.807, 2.05) is 71.0 Å². The van der Waals surface area contributed by atoms with Crippen molar-refractivity contribution in [3.05, 3.63) is 60.2 Å². The van der Waals surface area contributed by atoms with Crippen LogP contribution in [0.3, 0.4) is 0 Å². The number of nitrogens with zero attached hydrogens (tertiary/aromatic N) is 4. The van der Waals surface area contributed by atoms with Gasteiger partial charge in [-0.2, -0.15) is 0 Å². The number of ether oxygens (including phenoxy) is 1. The second-order valence-electron chi connectivity index (χ2n) is 8.18. The van der Waals surface area contributed by atoms with E-state index in [0.29, 0.717) is 18.8 Å². The maximum Gasteiger partial charge on any atom is 0.233 e. The molecule has 0 spiro atoms. The number of para-hydroxylation sites is 1. The van der Waals surface area contributed by atoms with Gasteiger partial charge in [0, 0.05) is 18.6 Å². The highest BCUT2D eigenvalue weighted by molar-refractivity contribution is 7.99. The summed E-state index contributed by atoms with van der Waals surface area (Å²) in [6.07, 6.45) is 0. The normalized spacial score (nSPS) is 11.4. The van der Waals surface area contributed by atoms with Gasteiger partial charge < -0.3 is 14.2 Å². The van der Waals surface area contributed by atoms with E-state index in [1.165, 1.54) is 11.8 Å². The fourth-order valence-corrected chi connectivity index (χ4v) is 4.26. The molecule has 1 heterocycles. The smallest absolute Gasteiger partial charge is 0.233 e. The maximum absolute atomic E-state index is 13.2. The third-order valence-electron chi connectivity index (χ3n) is 5.00. The lowest BCUT2D eigenvalue weighted by Gasteiger charge is -2.36. The highest BCUT2D eigenvalue weighted by Crippen LogP contribution is 2.31. The van der Waals surface area contributed by atoms with Crippen molar-refractivity contribution in [1.82, 2.24) is 19.7 Å². The number of thioether (sulfide) groups is 1. The molecule has 0 aliphatic heterocycles. The number of carbonyl (C=O) groups is 1. The first kappa shape index (κ1) is 22.9. The minimum atomic E-state index is -0.283. The van der Waals surface area contributed by atoms with Gasteiger partial charge in [-0.05, 0) is 45.4 Å². The van der Waals surface area contributed by atoms with Gasteiger partial charge in [-0.1, -0.05) is 54.2 Å². The zero-order valence-electron chi connectivity index (χ0n) is 18.8. The van der Waals surface area contributed by atoms with Crippen molar-refractivity contribution in [1.29, 1.82) is 0 Å². The van der Waals surface area contributed by atoms with E-state index in [9.17, 15) is 4.79 Å². The molecule has 1 amide bonds. The Hall–Kier alpha value is -2.80. The van der Waals surface area contributed by atoms with E-state index in [1.54, 1.807) is 7.11 Å². The summed E-state index contributed by atoms with van der Waals surface area (Å²) in [6, 6.07) is 17.8. The molecule has 0 saturated heterocycles. The van der Waals surface area contributed by atoms with E-state index in [2.05, 4.69) is 31.0 Å². The van der Waals surface area contributed by atoms with Crippen LogP contribution in [0.5, 0.6) is 5.75 Å². The second-order valence-corrected chi connectivity index (χ2v) is 9.12. The molecule has 0 N–H and O–H groups in total. The largest absolute Gasteiger partial charge is 0.496 e. The molecule has 6 nitrogen and oxygen atoms in total. The number of methoxy groups -OCH3 is 1. The van der Waals surface area contributed by atoms with Gasteiger partial charge in [0.2, 0.25) is 5.91 Å². The molecule has 3 rings (SSSR count). The van der Waals surface area contributed by atoms with Crippen molar-refractivity contribution in [3.8, 4) is 17.1 Å². The Morgan fingerprint density at radius 3 is 2.39 bits per heavy atom. The van der Waals surface area contributed by atoms with Gasteiger partial charge in [-0.25, -0.2) is 0 Å². The van der Waals surface area contributed by atoms with Gasteiger partial charge in [-0.3, -0.25) is 4.79 Å². The molecule has 0 aliphatic rings. The molecule has 0 unspecified atom stereocenters. The number of amides is 1. The first-order chi connectivity index (χ1) is 14.8. The van der Waals surface area contributed by atoms with Crippen LogP contribution >= 0.6 is 11.8 Å². The number of aromatic nitrogens is 3. The minimum absolute atomic E-state index is 0.0749. The molecule has 0 bridgehead atoms. The van der Waals surface area contributed by atoms with Gasteiger partial charge in [0.1, 0.15) is 5.75 Å². The number of benzene rings is 2. The highest BCUT2D eigenvalue weighted by atomic mass is 32.2. The number of hydrogen-bond acceptors (Lipinski definition) is 5. The Kier molecular flexibility index (Phi) is 7.38. The van der Waals surface area contributed by atoms with E-state index in [4.69, 9.17) is 4.74 Å². The van der Waals surface area contributed by atoms with E-state index in [-0.39, 0.29) is 11.4 Å². The quantitative estimate of drug-likeness (QED) is 0.469. The van der Waals surface area contributed by atoms with Crippen LogP contribution in [-0.4, -0.2) is 44.0 Å². The van der Waals surface area contributed by atoms with Crippen LogP contribution < -0.4 is 4.74 Å². The molecule has 3 aromatic rings. The summed E-state index contributed by atoms with van der Waals surface area (Å²) >= 11 is 1.42. The van der Waals surface area contributed by atoms with Crippen LogP contribution in [0, 0.1) is 0 Å². The molecular formula is C24H30N4O2S. The van der Waals surface area contributed by atoms with Gasteiger partial charge in [0.05, 0.1) is 18.4 Å². The van der Waals surface area contributed by atoms with E-state index in [0.717, 1.165) is 27.9 Å². The van der Waals surface area contributed by atoms with Crippen molar-refractivity contribution in [2.45, 2.75) is 51.5 Å². The van der Waals surface area contributed by atoms with E-state index >= 15 is 0 Å².